The molecule has 5 nitrogen and oxygen atoms in total. The fourth-order valence-corrected chi connectivity index (χ4v) is 3.29. The summed E-state index contributed by atoms with van der Waals surface area (Å²) in [7, 11) is 2.74. The molecule has 1 aromatic carbocycles. The minimum Gasteiger partial charge on any atom is -0.469 e. The highest BCUT2D eigenvalue weighted by Gasteiger charge is 2.10. The number of aldehydes is 1. The quantitative estimate of drug-likeness (QED) is 0.194. The molecule has 1 atom stereocenters. The Morgan fingerprint density at radius 2 is 1.81 bits per heavy atom. The number of thioether (sulfide) groups is 1. The van der Waals surface area contributed by atoms with E-state index in [4.69, 9.17) is 4.74 Å². The highest BCUT2D eigenvalue weighted by Crippen LogP contribution is 2.20. The van der Waals surface area contributed by atoms with Crippen molar-refractivity contribution in [3.63, 3.8) is 0 Å². The zero-order valence-electron chi connectivity index (χ0n) is 15.1. The van der Waals surface area contributed by atoms with Gasteiger partial charge in [-0.25, -0.2) is 4.79 Å². The van der Waals surface area contributed by atoms with Gasteiger partial charge in [-0.15, -0.1) is 0 Å². The van der Waals surface area contributed by atoms with Gasteiger partial charge in [-0.2, -0.15) is 11.8 Å². The molecule has 0 heterocycles. The van der Waals surface area contributed by atoms with E-state index in [0.717, 1.165) is 30.4 Å². The molecule has 0 spiro atoms. The van der Waals surface area contributed by atoms with Crippen molar-refractivity contribution in [3.8, 4) is 0 Å². The van der Waals surface area contributed by atoms with Crippen molar-refractivity contribution in [3.05, 3.63) is 59.7 Å². The molecular weight excluding hydrogens is 352 g/mol. The Labute approximate surface area is 158 Å². The number of hydrogen-bond donors (Lipinski definition) is 0. The average molecular weight is 376 g/mol. The molecule has 0 fully saturated rings. The van der Waals surface area contributed by atoms with Gasteiger partial charge in [0.1, 0.15) is 6.29 Å². The molecule has 0 N–H and O–H groups in total. The van der Waals surface area contributed by atoms with E-state index in [2.05, 4.69) is 4.74 Å². The molecule has 0 aliphatic carbocycles. The summed E-state index contributed by atoms with van der Waals surface area (Å²) in [6.07, 6.45) is 9.64. The van der Waals surface area contributed by atoms with Crippen LogP contribution < -0.4 is 0 Å². The number of carbonyl (C=O) groups excluding carboxylic acids is 3. The predicted octanol–water partition coefficient (Wildman–Crippen LogP) is 3.38. The molecule has 1 unspecified atom stereocenters. The van der Waals surface area contributed by atoms with Gasteiger partial charge in [-0.1, -0.05) is 30.4 Å². The smallest absolute Gasteiger partial charge is 0.337 e. The summed E-state index contributed by atoms with van der Waals surface area (Å²) in [5, 5.41) is 0.188. The molecule has 0 saturated carbocycles. The molecule has 1 aromatic rings. The number of methoxy groups -OCH3 is 2. The van der Waals surface area contributed by atoms with Crippen molar-refractivity contribution >= 4 is 30.0 Å². The lowest BCUT2D eigenvalue weighted by molar-refractivity contribution is -0.140. The summed E-state index contributed by atoms with van der Waals surface area (Å²) in [4.78, 5) is 33.0. The van der Waals surface area contributed by atoms with E-state index in [1.807, 2.05) is 24.3 Å². The van der Waals surface area contributed by atoms with E-state index in [-0.39, 0.29) is 17.2 Å². The van der Waals surface area contributed by atoms with E-state index in [1.54, 1.807) is 30.0 Å². The summed E-state index contributed by atoms with van der Waals surface area (Å²) in [5.74, 6) is 0.260. The fourth-order valence-electron chi connectivity index (χ4n) is 2.16. The van der Waals surface area contributed by atoms with Crippen LogP contribution in [0.4, 0.5) is 0 Å². The van der Waals surface area contributed by atoms with Gasteiger partial charge in [0.2, 0.25) is 0 Å². The number of allylic oxidation sites excluding steroid dienone is 3. The number of benzene rings is 1. The van der Waals surface area contributed by atoms with Gasteiger partial charge in [0.05, 0.1) is 19.8 Å². The van der Waals surface area contributed by atoms with Gasteiger partial charge < -0.3 is 9.47 Å². The maximum atomic E-state index is 11.5. The van der Waals surface area contributed by atoms with Crippen LogP contribution in [0, 0.1) is 0 Å². The standard InChI is InChI=1S/C20H24O5S/c1-24-19(22)8-6-14-26-18(7-4-3-5-13-21)15-16-9-11-17(12-10-16)20(23)25-2/h3-5,7,9-13,18H,6,8,14-15H2,1-2H3/b5-3+,7-4+. The first-order chi connectivity index (χ1) is 12.6. The second kappa shape index (κ2) is 12.9. The molecular formula is C20H24O5S. The Morgan fingerprint density at radius 1 is 1.08 bits per heavy atom. The highest BCUT2D eigenvalue weighted by molar-refractivity contribution is 8.00. The lowest BCUT2D eigenvalue weighted by Gasteiger charge is -2.13. The topological polar surface area (TPSA) is 69.7 Å². The molecule has 0 radical (unpaired) electrons. The summed E-state index contributed by atoms with van der Waals surface area (Å²) in [6.45, 7) is 0. The number of carbonyl (C=O) groups is 3. The third kappa shape index (κ3) is 8.67. The minimum atomic E-state index is -0.357. The lowest BCUT2D eigenvalue weighted by atomic mass is 10.1. The van der Waals surface area contributed by atoms with E-state index < -0.39 is 0 Å². The van der Waals surface area contributed by atoms with Gasteiger partial charge in [0.25, 0.3) is 0 Å². The largest absolute Gasteiger partial charge is 0.469 e. The first kappa shape index (κ1) is 21.7. The van der Waals surface area contributed by atoms with Crippen molar-refractivity contribution in [2.45, 2.75) is 24.5 Å². The molecule has 140 valence electrons. The maximum absolute atomic E-state index is 11.5. The third-order valence-electron chi connectivity index (χ3n) is 3.52. The molecule has 0 bridgehead atoms. The van der Waals surface area contributed by atoms with Gasteiger partial charge >= 0.3 is 11.9 Å². The van der Waals surface area contributed by atoms with Crippen LogP contribution >= 0.6 is 11.8 Å². The molecule has 0 aromatic heterocycles. The zero-order valence-corrected chi connectivity index (χ0v) is 15.9. The highest BCUT2D eigenvalue weighted by atomic mass is 32.2. The maximum Gasteiger partial charge on any atom is 0.337 e. The average Bonchev–Trinajstić information content (AvgIpc) is 2.67. The molecule has 26 heavy (non-hydrogen) atoms. The summed E-state index contributed by atoms with van der Waals surface area (Å²) in [5.41, 5.74) is 1.61. The van der Waals surface area contributed by atoms with Crippen molar-refractivity contribution in [2.75, 3.05) is 20.0 Å². The predicted molar refractivity (Wildman–Crippen MR) is 103 cm³/mol. The first-order valence-electron chi connectivity index (χ1n) is 8.25. The summed E-state index contributed by atoms with van der Waals surface area (Å²) < 4.78 is 9.34. The van der Waals surface area contributed by atoms with Crippen LogP contribution in [0.2, 0.25) is 0 Å². The van der Waals surface area contributed by atoms with Crippen LogP contribution in [0.1, 0.15) is 28.8 Å². The van der Waals surface area contributed by atoms with Gasteiger partial charge in [0, 0.05) is 11.7 Å². The van der Waals surface area contributed by atoms with Crippen molar-refractivity contribution in [2.24, 2.45) is 0 Å². The van der Waals surface area contributed by atoms with Crippen molar-refractivity contribution in [1.29, 1.82) is 0 Å². The number of esters is 2. The second-order valence-corrected chi connectivity index (χ2v) is 6.73. The summed E-state index contributed by atoms with van der Waals surface area (Å²) in [6, 6.07) is 7.30. The Balaban J connectivity index is 2.66. The zero-order chi connectivity index (χ0) is 19.2. The number of ether oxygens (including phenoxy) is 2. The molecule has 6 heteroatoms. The van der Waals surface area contributed by atoms with Gasteiger partial charge in [-0.3, -0.25) is 9.59 Å². The number of hydrogen-bond acceptors (Lipinski definition) is 6. The molecule has 0 aliphatic rings. The molecule has 1 rings (SSSR count). The van der Waals surface area contributed by atoms with Crippen LogP contribution in [-0.4, -0.2) is 43.4 Å². The Morgan fingerprint density at radius 3 is 2.42 bits per heavy atom. The van der Waals surface area contributed by atoms with Crippen LogP contribution in [0.15, 0.2) is 48.6 Å². The molecule has 0 saturated heterocycles. The van der Waals surface area contributed by atoms with E-state index in [0.29, 0.717) is 12.0 Å². The van der Waals surface area contributed by atoms with E-state index in [1.165, 1.54) is 20.3 Å². The Bertz CT molecular complexity index is 634. The first-order valence-corrected chi connectivity index (χ1v) is 9.30. The Hall–Kier alpha value is -2.34. The molecule has 0 amide bonds. The molecule has 0 aliphatic heterocycles. The SMILES string of the molecule is COC(=O)CCCSC(/C=C/C=C/C=O)Cc1ccc(C(=O)OC)cc1. The Kier molecular flexibility index (Phi) is 10.8. The van der Waals surface area contributed by atoms with Crippen LogP contribution in [0.5, 0.6) is 0 Å². The second-order valence-electron chi connectivity index (χ2n) is 5.39. The number of rotatable bonds is 11. The van der Waals surface area contributed by atoms with Crippen LogP contribution in [-0.2, 0) is 25.5 Å². The van der Waals surface area contributed by atoms with Crippen molar-refractivity contribution < 1.29 is 23.9 Å². The lowest BCUT2D eigenvalue weighted by Crippen LogP contribution is -2.07. The fraction of sp³-hybridized carbons (Fsp3) is 0.350. The summed E-state index contributed by atoms with van der Waals surface area (Å²) >= 11 is 1.73. The third-order valence-corrected chi connectivity index (χ3v) is 4.80. The van der Waals surface area contributed by atoms with E-state index in [9.17, 15) is 14.4 Å². The van der Waals surface area contributed by atoms with Crippen LogP contribution in [0.25, 0.3) is 0 Å². The minimum absolute atomic E-state index is 0.188. The van der Waals surface area contributed by atoms with Crippen LogP contribution in [0.3, 0.4) is 0 Å². The van der Waals surface area contributed by atoms with E-state index >= 15 is 0 Å². The monoisotopic (exact) mass is 376 g/mol. The van der Waals surface area contributed by atoms with Gasteiger partial charge in [0.15, 0.2) is 0 Å². The van der Waals surface area contributed by atoms with Crippen molar-refractivity contribution in [1.82, 2.24) is 0 Å². The van der Waals surface area contributed by atoms with Gasteiger partial charge in [-0.05, 0) is 42.4 Å². The normalized spacial score (nSPS) is 12.2.